The van der Waals surface area contributed by atoms with Crippen LogP contribution in [0.5, 0.6) is 5.75 Å². The quantitative estimate of drug-likeness (QED) is 0.900. The van der Waals surface area contributed by atoms with Gasteiger partial charge in [0.2, 0.25) is 5.79 Å². The van der Waals surface area contributed by atoms with Gasteiger partial charge in [-0.15, -0.1) is 0 Å². The highest BCUT2D eigenvalue weighted by atomic mass is 16.7. The third-order valence-corrected chi connectivity index (χ3v) is 6.23. The predicted molar refractivity (Wildman–Crippen MR) is 99.1 cm³/mol. The maximum Gasteiger partial charge on any atom is 0.213 e. The standard InChI is InChI=1S/C21H25N3O3/c25-20(17-11-22-14-23-12-17)15-4-5-19-16(10-15)13-26-21(27-19)6-8-24(9-7-21)18-2-1-3-18/h4-5,10-12,14,18,20,25H,1-3,6-9,13H2. The minimum absolute atomic E-state index is 0.485. The lowest BCUT2D eigenvalue weighted by Crippen LogP contribution is -2.54. The Hall–Kier alpha value is -2.02. The minimum atomic E-state index is -0.752. The van der Waals surface area contributed by atoms with Gasteiger partial charge >= 0.3 is 0 Å². The van der Waals surface area contributed by atoms with Gasteiger partial charge in [-0.05, 0) is 30.5 Å². The highest BCUT2D eigenvalue weighted by Gasteiger charge is 2.42. The number of rotatable bonds is 3. The molecule has 0 radical (unpaired) electrons. The maximum absolute atomic E-state index is 10.6. The zero-order valence-corrected chi connectivity index (χ0v) is 15.4. The molecule has 2 aliphatic heterocycles. The number of aromatic nitrogens is 2. The van der Waals surface area contributed by atoms with Crippen LogP contribution in [0.4, 0.5) is 0 Å². The molecule has 5 rings (SSSR count). The lowest BCUT2D eigenvalue weighted by molar-refractivity contribution is -0.231. The summed E-state index contributed by atoms with van der Waals surface area (Å²) in [7, 11) is 0. The molecular weight excluding hydrogens is 342 g/mol. The van der Waals surface area contributed by atoms with E-state index in [1.807, 2.05) is 18.2 Å². The van der Waals surface area contributed by atoms with E-state index in [4.69, 9.17) is 9.47 Å². The molecule has 1 saturated heterocycles. The van der Waals surface area contributed by atoms with Crippen molar-refractivity contribution >= 4 is 0 Å². The number of piperidine rings is 1. The normalized spacial score (nSPS) is 23.3. The third-order valence-electron chi connectivity index (χ3n) is 6.23. The molecule has 1 unspecified atom stereocenters. The van der Waals surface area contributed by atoms with Crippen LogP contribution in [-0.4, -0.2) is 44.9 Å². The van der Waals surface area contributed by atoms with Crippen molar-refractivity contribution in [3.63, 3.8) is 0 Å². The molecule has 142 valence electrons. The molecule has 1 aromatic carbocycles. The molecule has 1 N–H and O–H groups in total. The van der Waals surface area contributed by atoms with Crippen LogP contribution in [0.25, 0.3) is 0 Å². The molecule has 2 aromatic rings. The van der Waals surface area contributed by atoms with Crippen LogP contribution in [-0.2, 0) is 11.3 Å². The van der Waals surface area contributed by atoms with E-state index >= 15 is 0 Å². The zero-order valence-electron chi connectivity index (χ0n) is 15.4. The van der Waals surface area contributed by atoms with Crippen LogP contribution in [0.2, 0.25) is 0 Å². The van der Waals surface area contributed by atoms with Crippen molar-refractivity contribution in [1.29, 1.82) is 0 Å². The van der Waals surface area contributed by atoms with E-state index in [0.29, 0.717) is 12.2 Å². The Morgan fingerprint density at radius 2 is 1.89 bits per heavy atom. The minimum Gasteiger partial charge on any atom is -0.462 e. The summed E-state index contributed by atoms with van der Waals surface area (Å²) in [6, 6.07) is 6.62. The second-order valence-corrected chi connectivity index (χ2v) is 7.86. The summed E-state index contributed by atoms with van der Waals surface area (Å²) in [4.78, 5) is 10.6. The van der Waals surface area contributed by atoms with Crippen molar-refractivity contribution < 1.29 is 14.6 Å². The molecule has 1 spiro atoms. The van der Waals surface area contributed by atoms with E-state index in [1.165, 1.54) is 25.6 Å². The van der Waals surface area contributed by atoms with Crippen molar-refractivity contribution in [3.05, 3.63) is 53.6 Å². The van der Waals surface area contributed by atoms with Gasteiger partial charge in [0.15, 0.2) is 0 Å². The van der Waals surface area contributed by atoms with Crippen molar-refractivity contribution in [2.24, 2.45) is 0 Å². The van der Waals surface area contributed by atoms with Crippen molar-refractivity contribution in [2.45, 2.75) is 56.6 Å². The van der Waals surface area contributed by atoms with Crippen LogP contribution in [0.15, 0.2) is 36.9 Å². The number of fused-ring (bicyclic) bond motifs is 1. The fraction of sp³-hybridized carbons (Fsp3) is 0.524. The molecule has 3 aliphatic rings. The van der Waals surface area contributed by atoms with Crippen molar-refractivity contribution in [1.82, 2.24) is 14.9 Å². The monoisotopic (exact) mass is 367 g/mol. The molecule has 6 heteroatoms. The summed E-state index contributed by atoms with van der Waals surface area (Å²) >= 11 is 0. The Labute approximate surface area is 159 Å². The summed E-state index contributed by atoms with van der Waals surface area (Å²) in [5, 5.41) is 10.6. The Kier molecular flexibility index (Phi) is 4.34. The van der Waals surface area contributed by atoms with Gasteiger partial charge in [-0.1, -0.05) is 12.5 Å². The van der Waals surface area contributed by atoms with Gasteiger partial charge in [0, 0.05) is 55.5 Å². The van der Waals surface area contributed by atoms with E-state index in [1.54, 1.807) is 12.4 Å². The molecule has 0 amide bonds. The first kappa shape index (κ1) is 17.1. The molecule has 6 nitrogen and oxygen atoms in total. The van der Waals surface area contributed by atoms with E-state index in [0.717, 1.165) is 48.8 Å². The van der Waals surface area contributed by atoms with Crippen molar-refractivity contribution in [3.8, 4) is 5.75 Å². The summed E-state index contributed by atoms with van der Waals surface area (Å²) in [6.07, 6.45) is 9.85. The van der Waals surface area contributed by atoms with Gasteiger partial charge in [-0.25, -0.2) is 9.97 Å². The number of nitrogens with zero attached hydrogens (tertiary/aromatic N) is 3. The first-order valence-corrected chi connectivity index (χ1v) is 9.85. The van der Waals surface area contributed by atoms with Crippen LogP contribution < -0.4 is 4.74 Å². The van der Waals surface area contributed by atoms with Crippen molar-refractivity contribution in [2.75, 3.05) is 13.1 Å². The predicted octanol–water partition coefficient (Wildman–Crippen LogP) is 2.81. The number of hydrogen-bond donors (Lipinski definition) is 1. The Morgan fingerprint density at radius 3 is 2.59 bits per heavy atom. The SMILES string of the molecule is OC(c1cncnc1)c1ccc2c(c1)COC1(CCN(C3CCC3)CC1)O2. The van der Waals surface area contributed by atoms with Gasteiger partial charge in [0.1, 0.15) is 18.2 Å². The van der Waals surface area contributed by atoms with Crippen LogP contribution >= 0.6 is 0 Å². The summed E-state index contributed by atoms with van der Waals surface area (Å²) in [6.45, 7) is 2.61. The molecule has 27 heavy (non-hydrogen) atoms. The van der Waals surface area contributed by atoms with E-state index in [2.05, 4.69) is 14.9 Å². The molecule has 1 atom stereocenters. The summed E-state index contributed by atoms with van der Waals surface area (Å²) in [5.41, 5.74) is 2.46. The number of aliphatic hydroxyl groups excluding tert-OH is 1. The molecule has 3 heterocycles. The third kappa shape index (κ3) is 3.22. The van der Waals surface area contributed by atoms with Gasteiger partial charge in [-0.2, -0.15) is 0 Å². The number of aliphatic hydroxyl groups is 1. The number of benzene rings is 1. The second-order valence-electron chi connectivity index (χ2n) is 7.86. The number of hydrogen-bond acceptors (Lipinski definition) is 6. The first-order chi connectivity index (χ1) is 13.2. The molecular formula is C21H25N3O3. The average molecular weight is 367 g/mol. The van der Waals surface area contributed by atoms with Crippen LogP contribution in [0, 0.1) is 0 Å². The highest BCUT2D eigenvalue weighted by molar-refractivity contribution is 5.41. The van der Waals surface area contributed by atoms with Crippen LogP contribution in [0.3, 0.4) is 0 Å². The van der Waals surface area contributed by atoms with Crippen LogP contribution in [0.1, 0.15) is 54.9 Å². The average Bonchev–Trinajstić information content (AvgIpc) is 2.68. The lowest BCUT2D eigenvalue weighted by atomic mass is 9.89. The fourth-order valence-electron chi connectivity index (χ4n) is 4.29. The van der Waals surface area contributed by atoms with E-state index in [9.17, 15) is 5.11 Å². The lowest BCUT2D eigenvalue weighted by Gasteiger charge is -2.47. The Bertz CT molecular complexity index is 802. The molecule has 1 saturated carbocycles. The van der Waals surface area contributed by atoms with E-state index < -0.39 is 11.9 Å². The van der Waals surface area contributed by atoms with E-state index in [-0.39, 0.29) is 0 Å². The molecule has 1 aromatic heterocycles. The molecule has 0 bridgehead atoms. The molecule has 1 aliphatic carbocycles. The largest absolute Gasteiger partial charge is 0.462 e. The summed E-state index contributed by atoms with van der Waals surface area (Å²) in [5.74, 6) is 0.388. The number of ether oxygens (including phenoxy) is 2. The summed E-state index contributed by atoms with van der Waals surface area (Å²) < 4.78 is 12.5. The Balaban J connectivity index is 1.29. The van der Waals surface area contributed by atoms with Gasteiger partial charge in [0.25, 0.3) is 0 Å². The van der Waals surface area contributed by atoms with Gasteiger partial charge in [-0.3, -0.25) is 4.90 Å². The topological polar surface area (TPSA) is 67.7 Å². The fourth-order valence-corrected chi connectivity index (χ4v) is 4.29. The number of likely N-dealkylation sites (tertiary alicyclic amines) is 1. The highest BCUT2D eigenvalue weighted by Crippen LogP contribution is 2.40. The first-order valence-electron chi connectivity index (χ1n) is 9.85. The molecule has 2 fully saturated rings. The smallest absolute Gasteiger partial charge is 0.213 e. The van der Waals surface area contributed by atoms with Gasteiger partial charge < -0.3 is 14.6 Å². The maximum atomic E-state index is 10.6. The second kappa shape index (κ2) is 6.86. The zero-order chi connectivity index (χ0) is 18.3. The van der Waals surface area contributed by atoms with Gasteiger partial charge in [0.05, 0.1) is 6.61 Å². The Morgan fingerprint density at radius 1 is 1.11 bits per heavy atom.